The fraction of sp³-hybridized carbons (Fsp3) is 0.179. The van der Waals surface area contributed by atoms with Crippen molar-refractivity contribution in [1.29, 1.82) is 0 Å². The van der Waals surface area contributed by atoms with Crippen molar-refractivity contribution in [1.82, 2.24) is 0 Å². The molecule has 0 unspecified atom stereocenters. The zero-order valence-electron chi connectivity index (χ0n) is 26.7. The molecular formula is C39H42O6. The average Bonchev–Trinajstić information content (AvgIpc) is 3.07. The second kappa shape index (κ2) is 18.2. The summed E-state index contributed by atoms with van der Waals surface area (Å²) in [6, 6.07) is 35.9. The van der Waals surface area contributed by atoms with Crippen molar-refractivity contribution < 1.29 is 30.6 Å². The molecule has 5 aromatic carbocycles. The smallest absolute Gasteiger partial charge is 0.193 e. The molecule has 0 spiro atoms. The van der Waals surface area contributed by atoms with Crippen molar-refractivity contribution in [2.75, 3.05) is 0 Å². The summed E-state index contributed by atoms with van der Waals surface area (Å²) in [5, 5.41) is 24.0. The van der Waals surface area contributed by atoms with E-state index in [2.05, 4.69) is 44.2 Å². The van der Waals surface area contributed by atoms with Gasteiger partial charge in [0, 0.05) is 22.3 Å². The molecule has 0 saturated carbocycles. The van der Waals surface area contributed by atoms with Gasteiger partial charge in [0.15, 0.2) is 11.6 Å². The quantitative estimate of drug-likeness (QED) is 0.0868. The molecule has 0 amide bonds. The highest BCUT2D eigenvalue weighted by Crippen LogP contribution is 2.30. The van der Waals surface area contributed by atoms with E-state index in [1.165, 1.54) is 6.42 Å². The lowest BCUT2D eigenvalue weighted by atomic mass is 9.91. The van der Waals surface area contributed by atoms with E-state index < -0.39 is 0 Å². The Hall–Kier alpha value is -4.72. The van der Waals surface area contributed by atoms with Gasteiger partial charge >= 0.3 is 0 Å². The van der Waals surface area contributed by atoms with Crippen molar-refractivity contribution in [3.05, 3.63) is 154 Å². The van der Waals surface area contributed by atoms with E-state index in [4.69, 9.17) is 21.0 Å². The first-order valence-corrected chi connectivity index (χ1v) is 14.7. The van der Waals surface area contributed by atoms with E-state index in [1.807, 2.05) is 107 Å². The molecule has 0 bridgehead atoms. The maximum atomic E-state index is 13.2. The molecule has 0 radical (unpaired) electrons. The first-order valence-electron chi connectivity index (χ1n) is 14.7. The third kappa shape index (κ3) is 9.14. The second-order valence-corrected chi connectivity index (χ2v) is 10.6. The van der Waals surface area contributed by atoms with Gasteiger partial charge in [0.25, 0.3) is 0 Å². The molecule has 0 fully saturated rings. The SMILES string of the molecule is CCC.Cc1ccccc1C(=O)c1ccc(-c2cccc(-c3ccc(C(=O)c4ccccc4C)c(C)c3)c2)cc1C.OO.OO. The third-order valence-electron chi connectivity index (χ3n) is 7.25. The largest absolute Gasteiger partial charge is 0.289 e. The summed E-state index contributed by atoms with van der Waals surface area (Å²) in [7, 11) is 0. The van der Waals surface area contributed by atoms with E-state index in [0.29, 0.717) is 0 Å². The fourth-order valence-electron chi connectivity index (χ4n) is 5.02. The van der Waals surface area contributed by atoms with Crippen LogP contribution in [-0.2, 0) is 0 Å². The molecular weight excluding hydrogens is 564 g/mol. The maximum Gasteiger partial charge on any atom is 0.193 e. The number of carbonyl (C=O) groups is 2. The minimum absolute atomic E-state index is 0.0525. The third-order valence-corrected chi connectivity index (χ3v) is 7.25. The van der Waals surface area contributed by atoms with Crippen molar-refractivity contribution in [3.63, 3.8) is 0 Å². The molecule has 0 atom stereocenters. The van der Waals surface area contributed by atoms with Crippen LogP contribution in [0.5, 0.6) is 0 Å². The van der Waals surface area contributed by atoms with Crippen LogP contribution in [0.3, 0.4) is 0 Å². The van der Waals surface area contributed by atoms with Gasteiger partial charge in [0.1, 0.15) is 0 Å². The number of ketones is 2. The Morgan fingerprint density at radius 1 is 0.422 bits per heavy atom. The van der Waals surface area contributed by atoms with Gasteiger partial charge in [-0.1, -0.05) is 123 Å². The summed E-state index contributed by atoms with van der Waals surface area (Å²) in [4.78, 5) is 26.3. The van der Waals surface area contributed by atoms with Crippen LogP contribution in [0.1, 0.15) is 74.4 Å². The van der Waals surface area contributed by atoms with Gasteiger partial charge in [-0.05, 0) is 78.3 Å². The zero-order chi connectivity index (χ0) is 33.5. The molecule has 234 valence electrons. The minimum atomic E-state index is 0.0525. The van der Waals surface area contributed by atoms with Gasteiger partial charge in [-0.15, -0.1) is 0 Å². The molecule has 0 aromatic heterocycles. The predicted octanol–water partition coefficient (Wildman–Crippen LogP) is 10.2. The summed E-state index contributed by atoms with van der Waals surface area (Å²) in [6.45, 7) is 12.2. The summed E-state index contributed by atoms with van der Waals surface area (Å²) < 4.78 is 0. The predicted molar refractivity (Wildman–Crippen MR) is 182 cm³/mol. The highest BCUT2D eigenvalue weighted by Gasteiger charge is 2.16. The first-order chi connectivity index (χ1) is 21.7. The van der Waals surface area contributed by atoms with E-state index in [-0.39, 0.29) is 11.6 Å². The molecule has 0 aliphatic carbocycles. The monoisotopic (exact) mass is 606 g/mol. The molecule has 0 aliphatic rings. The van der Waals surface area contributed by atoms with Gasteiger partial charge in [-0.3, -0.25) is 30.6 Å². The fourth-order valence-corrected chi connectivity index (χ4v) is 5.02. The average molecular weight is 607 g/mol. The Morgan fingerprint density at radius 3 is 1.07 bits per heavy atom. The van der Waals surface area contributed by atoms with E-state index in [1.54, 1.807) is 0 Å². The van der Waals surface area contributed by atoms with Gasteiger partial charge in [-0.25, -0.2) is 0 Å². The number of hydrogen-bond donors (Lipinski definition) is 4. The van der Waals surface area contributed by atoms with Crippen molar-refractivity contribution >= 4 is 11.6 Å². The number of aryl methyl sites for hydroxylation is 4. The Kier molecular flexibility index (Phi) is 14.7. The summed E-state index contributed by atoms with van der Waals surface area (Å²) in [6.07, 6.45) is 1.25. The molecule has 6 heteroatoms. The van der Waals surface area contributed by atoms with Gasteiger partial charge < -0.3 is 0 Å². The lowest BCUT2D eigenvalue weighted by molar-refractivity contribution is -0.176. The molecule has 0 heterocycles. The normalized spacial score (nSPS) is 9.82. The summed E-state index contributed by atoms with van der Waals surface area (Å²) >= 11 is 0. The van der Waals surface area contributed by atoms with Crippen LogP contribution in [0.25, 0.3) is 22.3 Å². The molecule has 45 heavy (non-hydrogen) atoms. The van der Waals surface area contributed by atoms with Crippen molar-refractivity contribution in [3.8, 4) is 22.3 Å². The standard InChI is InChI=1S/C36H30O2.C3H8.2H2O2/c1-23-10-5-7-14-31(23)35(37)33-18-16-29(20-25(33)3)27-12-9-13-28(22-27)30-17-19-34(26(4)21-30)36(38)32-15-8-6-11-24(32)2;1-3-2;2*1-2/h5-22H,1-4H3;3H2,1-2H3;2*1-2H. The number of rotatable bonds is 6. The maximum absolute atomic E-state index is 13.2. The number of hydrogen-bond acceptors (Lipinski definition) is 6. The second-order valence-electron chi connectivity index (χ2n) is 10.6. The topological polar surface area (TPSA) is 115 Å². The van der Waals surface area contributed by atoms with Crippen LogP contribution < -0.4 is 0 Å². The van der Waals surface area contributed by atoms with Gasteiger partial charge in [0.2, 0.25) is 0 Å². The molecule has 5 rings (SSSR count). The van der Waals surface area contributed by atoms with Crippen LogP contribution in [0, 0.1) is 27.7 Å². The lowest BCUT2D eigenvalue weighted by Crippen LogP contribution is -2.06. The van der Waals surface area contributed by atoms with E-state index in [0.717, 1.165) is 66.8 Å². The molecule has 5 aromatic rings. The lowest BCUT2D eigenvalue weighted by Gasteiger charge is -2.12. The molecule has 4 N–H and O–H groups in total. The van der Waals surface area contributed by atoms with Crippen LogP contribution in [0.4, 0.5) is 0 Å². The van der Waals surface area contributed by atoms with Crippen molar-refractivity contribution in [2.24, 2.45) is 0 Å². The van der Waals surface area contributed by atoms with Crippen molar-refractivity contribution in [2.45, 2.75) is 48.0 Å². The summed E-state index contributed by atoms with van der Waals surface area (Å²) in [5.74, 6) is 0.105. The highest BCUT2D eigenvalue weighted by molar-refractivity contribution is 6.11. The van der Waals surface area contributed by atoms with Crippen LogP contribution >= 0.6 is 0 Å². The van der Waals surface area contributed by atoms with Crippen LogP contribution in [0.15, 0.2) is 109 Å². The number of carbonyl (C=O) groups excluding carboxylic acids is 2. The Morgan fingerprint density at radius 2 is 0.733 bits per heavy atom. The van der Waals surface area contributed by atoms with Gasteiger partial charge in [0.05, 0.1) is 0 Å². The Labute approximate surface area is 265 Å². The minimum Gasteiger partial charge on any atom is -0.289 e. The highest BCUT2D eigenvalue weighted by atomic mass is 17.0. The first kappa shape index (κ1) is 36.5. The van der Waals surface area contributed by atoms with Crippen LogP contribution in [-0.4, -0.2) is 32.6 Å². The molecule has 0 aliphatic heterocycles. The Bertz CT molecular complexity index is 1600. The Balaban J connectivity index is 0.000000934. The van der Waals surface area contributed by atoms with E-state index >= 15 is 0 Å². The van der Waals surface area contributed by atoms with Gasteiger partial charge in [-0.2, -0.15) is 0 Å². The zero-order valence-corrected chi connectivity index (χ0v) is 26.7. The van der Waals surface area contributed by atoms with Crippen LogP contribution in [0.2, 0.25) is 0 Å². The number of benzene rings is 5. The molecule has 6 nitrogen and oxygen atoms in total. The summed E-state index contributed by atoms with van der Waals surface area (Å²) in [5.41, 5.74) is 11.1. The molecule has 0 saturated heterocycles. The van der Waals surface area contributed by atoms with E-state index in [9.17, 15) is 9.59 Å².